The van der Waals surface area contributed by atoms with E-state index in [0.717, 1.165) is 41.7 Å². The van der Waals surface area contributed by atoms with Gasteiger partial charge in [0.15, 0.2) is 0 Å². The summed E-state index contributed by atoms with van der Waals surface area (Å²) in [6.07, 6.45) is 5.26. The molecule has 0 aliphatic heterocycles. The lowest BCUT2D eigenvalue weighted by atomic mass is 10.1. The van der Waals surface area contributed by atoms with Gasteiger partial charge in [-0.1, -0.05) is 12.1 Å². The zero-order valence-electron chi connectivity index (χ0n) is 18.4. The molecule has 1 N–H and O–H groups in total. The molecule has 0 aliphatic rings. The van der Waals surface area contributed by atoms with Crippen molar-refractivity contribution in [1.29, 1.82) is 0 Å². The lowest BCUT2D eigenvalue weighted by molar-refractivity contribution is -0.131. The monoisotopic (exact) mass is 467 g/mol. The van der Waals surface area contributed by atoms with E-state index in [9.17, 15) is 9.18 Å². The molecule has 0 saturated heterocycles. The predicted molar refractivity (Wildman–Crippen MR) is 128 cm³/mol. The van der Waals surface area contributed by atoms with Crippen LogP contribution in [0.15, 0.2) is 71.6 Å². The highest BCUT2D eigenvalue weighted by Crippen LogP contribution is 2.25. The van der Waals surface area contributed by atoms with Crippen LogP contribution < -0.4 is 9.47 Å². The number of ether oxygens (including phenoxy) is 2. The van der Waals surface area contributed by atoms with Gasteiger partial charge in [0, 0.05) is 16.7 Å². The Kier molecular flexibility index (Phi) is 9.32. The number of aryl methyl sites for hydroxylation is 1. The molecule has 0 amide bonds. The second-order valence-electron chi connectivity index (χ2n) is 7.25. The fourth-order valence-corrected chi connectivity index (χ4v) is 3.87. The number of methoxy groups -OCH3 is 1. The number of hydrogen-bond donors (Lipinski definition) is 1. The quantitative estimate of drug-likeness (QED) is 0.200. The molecule has 0 atom stereocenters. The molecule has 3 rings (SSSR count). The predicted octanol–water partition coefficient (Wildman–Crippen LogP) is 6.02. The van der Waals surface area contributed by atoms with Crippen molar-refractivity contribution < 1.29 is 23.8 Å². The highest BCUT2D eigenvalue weighted by molar-refractivity contribution is 7.98. The largest absolute Gasteiger partial charge is 0.497 e. The van der Waals surface area contributed by atoms with Crippen molar-refractivity contribution in [3.63, 3.8) is 0 Å². The summed E-state index contributed by atoms with van der Waals surface area (Å²) in [4.78, 5) is 16.5. The van der Waals surface area contributed by atoms with Crippen LogP contribution in [-0.2, 0) is 17.0 Å². The number of aliphatic carboxylic acids is 1. The van der Waals surface area contributed by atoms with E-state index in [4.69, 9.17) is 14.6 Å². The molecule has 1 heterocycles. The molecular formula is C26H26FNO4S. The van der Waals surface area contributed by atoms with E-state index < -0.39 is 5.97 Å². The summed E-state index contributed by atoms with van der Waals surface area (Å²) in [5, 5.41) is 9.00. The Bertz CT molecular complexity index is 1070. The van der Waals surface area contributed by atoms with Crippen molar-refractivity contribution in [3.8, 4) is 11.5 Å². The van der Waals surface area contributed by atoms with Crippen LogP contribution in [0.1, 0.15) is 29.8 Å². The number of benzene rings is 2. The number of hydrogen-bond acceptors (Lipinski definition) is 5. The zero-order chi connectivity index (χ0) is 23.5. The lowest BCUT2D eigenvalue weighted by Gasteiger charge is -2.11. The Morgan fingerprint density at radius 2 is 1.82 bits per heavy atom. The lowest BCUT2D eigenvalue weighted by Crippen LogP contribution is -2.02. The van der Waals surface area contributed by atoms with Crippen LogP contribution in [0.3, 0.4) is 0 Å². The first kappa shape index (κ1) is 24.3. The maximum absolute atomic E-state index is 13.1. The number of carboxylic acids is 1. The van der Waals surface area contributed by atoms with Crippen LogP contribution in [0.25, 0.3) is 6.08 Å². The molecule has 0 spiro atoms. The van der Waals surface area contributed by atoms with Gasteiger partial charge in [0.2, 0.25) is 0 Å². The first-order valence-corrected chi connectivity index (χ1v) is 11.6. The molecule has 0 saturated carbocycles. The minimum Gasteiger partial charge on any atom is -0.497 e. The van der Waals surface area contributed by atoms with Gasteiger partial charge in [-0.2, -0.15) is 0 Å². The molecule has 3 aromatic rings. The highest BCUT2D eigenvalue weighted by Gasteiger charge is 2.07. The molecule has 0 fully saturated rings. The van der Waals surface area contributed by atoms with Crippen LogP contribution in [0, 0.1) is 5.82 Å². The Labute approximate surface area is 197 Å². The number of nitrogens with zero attached hydrogens (tertiary/aromatic N) is 1. The Morgan fingerprint density at radius 3 is 2.52 bits per heavy atom. The van der Waals surface area contributed by atoms with Gasteiger partial charge in [-0.05, 0) is 79.4 Å². The number of unbranched alkanes of at least 4 members (excludes halogenated alkanes) is 1. The summed E-state index contributed by atoms with van der Waals surface area (Å²) in [6, 6.07) is 18.0. The summed E-state index contributed by atoms with van der Waals surface area (Å²) in [7, 11) is 1.65. The molecule has 0 aliphatic carbocycles. The van der Waals surface area contributed by atoms with Crippen LogP contribution >= 0.6 is 11.8 Å². The Balaban J connectivity index is 1.55. The normalized spacial score (nSPS) is 11.0. The standard InChI is InChI=1S/C26H26FNO4S/c1-31-22-10-5-19(6-11-22)4-2-3-17-32-25-15-9-21(28-24(25)14-16-26(29)30)18-33-23-12-7-20(27)8-13-23/h5-16H,2-4,17-18H2,1H3,(H,29,30). The van der Waals surface area contributed by atoms with E-state index in [2.05, 4.69) is 17.1 Å². The van der Waals surface area contributed by atoms with Gasteiger partial charge in [0.1, 0.15) is 23.0 Å². The van der Waals surface area contributed by atoms with Gasteiger partial charge >= 0.3 is 5.97 Å². The summed E-state index contributed by atoms with van der Waals surface area (Å²) in [5.41, 5.74) is 2.50. The fourth-order valence-electron chi connectivity index (χ4n) is 3.07. The van der Waals surface area contributed by atoms with Crippen molar-refractivity contribution in [1.82, 2.24) is 4.98 Å². The third-order valence-electron chi connectivity index (χ3n) is 4.80. The van der Waals surface area contributed by atoms with Crippen LogP contribution in [0.2, 0.25) is 0 Å². The minimum atomic E-state index is -1.05. The van der Waals surface area contributed by atoms with Gasteiger partial charge in [0.05, 0.1) is 19.4 Å². The summed E-state index contributed by atoms with van der Waals surface area (Å²) in [6.45, 7) is 0.509. The van der Waals surface area contributed by atoms with Crippen LogP contribution in [0.5, 0.6) is 11.5 Å². The number of thioether (sulfide) groups is 1. The second-order valence-corrected chi connectivity index (χ2v) is 8.30. The molecule has 0 radical (unpaired) electrons. The molecule has 33 heavy (non-hydrogen) atoms. The van der Waals surface area contributed by atoms with Crippen molar-refractivity contribution in [2.24, 2.45) is 0 Å². The first-order valence-electron chi connectivity index (χ1n) is 10.6. The number of pyridine rings is 1. The average molecular weight is 468 g/mol. The fraction of sp³-hybridized carbons (Fsp3) is 0.231. The third-order valence-corrected chi connectivity index (χ3v) is 5.85. The topological polar surface area (TPSA) is 68.7 Å². The second kappa shape index (κ2) is 12.6. The molecule has 5 nitrogen and oxygen atoms in total. The van der Waals surface area contributed by atoms with Crippen LogP contribution in [-0.4, -0.2) is 29.8 Å². The van der Waals surface area contributed by atoms with Crippen molar-refractivity contribution in [3.05, 3.63) is 89.5 Å². The molecule has 2 aromatic carbocycles. The maximum atomic E-state index is 13.1. The average Bonchev–Trinajstić information content (AvgIpc) is 2.83. The minimum absolute atomic E-state index is 0.274. The molecule has 0 unspecified atom stereocenters. The molecule has 0 bridgehead atoms. The number of aromatic nitrogens is 1. The summed E-state index contributed by atoms with van der Waals surface area (Å²) < 4.78 is 24.1. The van der Waals surface area contributed by atoms with Gasteiger partial charge in [-0.25, -0.2) is 14.2 Å². The highest BCUT2D eigenvalue weighted by atomic mass is 32.2. The van der Waals surface area contributed by atoms with Gasteiger partial charge < -0.3 is 14.6 Å². The number of halogens is 1. The van der Waals surface area contributed by atoms with Crippen molar-refractivity contribution in [2.45, 2.75) is 29.9 Å². The van der Waals surface area contributed by atoms with Crippen molar-refractivity contribution in [2.75, 3.05) is 13.7 Å². The summed E-state index contributed by atoms with van der Waals surface area (Å²) in [5.74, 6) is 0.641. The van der Waals surface area contributed by atoms with E-state index in [-0.39, 0.29) is 5.82 Å². The molecule has 7 heteroatoms. The van der Waals surface area contributed by atoms with E-state index in [1.807, 2.05) is 24.3 Å². The number of carboxylic acid groups (broad SMARTS) is 1. The SMILES string of the molecule is COc1ccc(CCCCOc2ccc(CSc3ccc(F)cc3)nc2C=CC(=O)O)cc1. The Hall–Kier alpha value is -3.32. The Morgan fingerprint density at radius 1 is 1.06 bits per heavy atom. The molecular weight excluding hydrogens is 441 g/mol. The van der Waals surface area contributed by atoms with Crippen LogP contribution in [0.4, 0.5) is 4.39 Å². The zero-order valence-corrected chi connectivity index (χ0v) is 19.2. The smallest absolute Gasteiger partial charge is 0.328 e. The first-order chi connectivity index (χ1) is 16.0. The van der Waals surface area contributed by atoms with E-state index in [0.29, 0.717) is 23.8 Å². The van der Waals surface area contributed by atoms with Crippen molar-refractivity contribution >= 4 is 23.8 Å². The molecule has 172 valence electrons. The van der Waals surface area contributed by atoms with Gasteiger partial charge in [-0.3, -0.25) is 0 Å². The van der Waals surface area contributed by atoms with E-state index in [1.54, 1.807) is 19.2 Å². The van der Waals surface area contributed by atoms with Gasteiger partial charge in [0.25, 0.3) is 0 Å². The van der Waals surface area contributed by atoms with E-state index >= 15 is 0 Å². The number of carbonyl (C=O) groups is 1. The maximum Gasteiger partial charge on any atom is 0.328 e. The number of rotatable bonds is 12. The van der Waals surface area contributed by atoms with E-state index in [1.165, 1.54) is 35.5 Å². The molecule has 1 aromatic heterocycles. The summed E-state index contributed by atoms with van der Waals surface area (Å²) >= 11 is 1.53. The third kappa shape index (κ3) is 8.27. The van der Waals surface area contributed by atoms with Gasteiger partial charge in [-0.15, -0.1) is 11.8 Å².